The van der Waals surface area contributed by atoms with E-state index in [1.807, 2.05) is 0 Å². The Hall–Kier alpha value is -1.92. The second-order valence-electron chi connectivity index (χ2n) is 26.0. The van der Waals surface area contributed by atoms with Gasteiger partial charge in [0, 0.05) is 12.8 Å². The zero-order valence-electron chi connectivity index (χ0n) is 56.2. The molecule has 0 fully saturated rings. The highest BCUT2D eigenvalue weighted by molar-refractivity contribution is 5.76. The van der Waals surface area contributed by atoms with Crippen molar-refractivity contribution < 1.29 is 24.5 Å². The molecule has 0 aliphatic rings. The number of unbranched alkanes of at least 4 members (excludes halogenated alkanes) is 54. The number of esters is 1. The van der Waals surface area contributed by atoms with Crippen molar-refractivity contribution in [3.05, 3.63) is 36.5 Å². The number of carbonyl (C=O) groups is 2. The van der Waals surface area contributed by atoms with Crippen LogP contribution in [0.1, 0.15) is 418 Å². The third-order valence-electron chi connectivity index (χ3n) is 17.7. The smallest absolute Gasteiger partial charge is 0.305 e. The van der Waals surface area contributed by atoms with Crippen molar-refractivity contribution in [1.82, 2.24) is 5.32 Å². The molecule has 83 heavy (non-hydrogen) atoms. The Bertz CT molecular complexity index is 1340. The lowest BCUT2D eigenvalue weighted by Gasteiger charge is -2.22. The second-order valence-corrected chi connectivity index (χ2v) is 26.0. The maximum Gasteiger partial charge on any atom is 0.305 e. The average Bonchev–Trinajstić information content (AvgIpc) is 3.48. The van der Waals surface area contributed by atoms with E-state index in [0.717, 1.165) is 51.4 Å². The van der Waals surface area contributed by atoms with Crippen LogP contribution in [0.3, 0.4) is 0 Å². The molecule has 0 saturated heterocycles. The summed E-state index contributed by atoms with van der Waals surface area (Å²) in [4.78, 5) is 24.6. The SMILES string of the molecule is CCCCCC/C=C\C/C=C\CCCCCCCC(=O)OCCCCCCCCCCCCCC/C=C\CCCCCCCCCCCCCCCC(=O)NC(CO)C(O)CCCCCCCCCCCCCCCCCCCCCCC. The summed E-state index contributed by atoms with van der Waals surface area (Å²) in [6.07, 6.45) is 93.5. The molecular formula is C77H147NO5. The van der Waals surface area contributed by atoms with Gasteiger partial charge in [0.2, 0.25) is 5.91 Å². The first kappa shape index (κ1) is 81.1. The summed E-state index contributed by atoms with van der Waals surface area (Å²) in [5.74, 6) is -0.0261. The number of aliphatic hydroxyl groups is 2. The highest BCUT2D eigenvalue weighted by atomic mass is 16.5. The van der Waals surface area contributed by atoms with Crippen molar-refractivity contribution in [2.45, 2.75) is 431 Å². The summed E-state index contributed by atoms with van der Waals surface area (Å²) in [7, 11) is 0. The van der Waals surface area contributed by atoms with Gasteiger partial charge < -0.3 is 20.3 Å². The fourth-order valence-electron chi connectivity index (χ4n) is 11.9. The van der Waals surface area contributed by atoms with Gasteiger partial charge in [0.05, 0.1) is 25.4 Å². The summed E-state index contributed by atoms with van der Waals surface area (Å²) in [6.45, 7) is 4.97. The third kappa shape index (κ3) is 69.1. The van der Waals surface area contributed by atoms with Crippen molar-refractivity contribution in [2.75, 3.05) is 13.2 Å². The Morgan fingerprint density at radius 3 is 0.940 bits per heavy atom. The van der Waals surface area contributed by atoms with Gasteiger partial charge in [-0.15, -0.1) is 0 Å². The molecule has 0 rings (SSSR count). The van der Waals surface area contributed by atoms with Gasteiger partial charge in [-0.25, -0.2) is 0 Å². The quantitative estimate of drug-likeness (QED) is 0.0320. The Morgan fingerprint density at radius 1 is 0.337 bits per heavy atom. The van der Waals surface area contributed by atoms with Crippen LogP contribution in [-0.4, -0.2) is 47.4 Å². The van der Waals surface area contributed by atoms with Crippen LogP contribution in [0.4, 0.5) is 0 Å². The van der Waals surface area contributed by atoms with E-state index in [4.69, 9.17) is 4.74 Å². The Balaban J connectivity index is 3.38. The Morgan fingerprint density at radius 2 is 0.602 bits per heavy atom. The van der Waals surface area contributed by atoms with Crippen molar-refractivity contribution >= 4 is 11.9 Å². The van der Waals surface area contributed by atoms with Gasteiger partial charge in [0.15, 0.2) is 0 Å². The van der Waals surface area contributed by atoms with Gasteiger partial charge in [-0.1, -0.05) is 359 Å². The van der Waals surface area contributed by atoms with Gasteiger partial charge in [0.1, 0.15) is 0 Å². The van der Waals surface area contributed by atoms with Gasteiger partial charge in [0.25, 0.3) is 0 Å². The monoisotopic (exact) mass is 1170 g/mol. The molecule has 0 aromatic heterocycles. The molecule has 1 amide bonds. The number of amides is 1. The number of rotatable bonds is 71. The molecule has 3 N–H and O–H groups in total. The van der Waals surface area contributed by atoms with Gasteiger partial charge in [-0.05, 0) is 83.5 Å². The van der Waals surface area contributed by atoms with Crippen LogP contribution in [0.5, 0.6) is 0 Å². The maximum absolute atomic E-state index is 12.6. The number of allylic oxidation sites excluding steroid dienone is 6. The van der Waals surface area contributed by atoms with Crippen LogP contribution >= 0.6 is 0 Å². The molecule has 0 aromatic carbocycles. The molecule has 0 spiro atoms. The minimum absolute atomic E-state index is 0.00367. The summed E-state index contributed by atoms with van der Waals surface area (Å²) < 4.78 is 5.49. The van der Waals surface area contributed by atoms with Crippen molar-refractivity contribution in [2.24, 2.45) is 0 Å². The van der Waals surface area contributed by atoms with Crippen LogP contribution in [0.25, 0.3) is 0 Å². The van der Waals surface area contributed by atoms with E-state index >= 15 is 0 Å². The van der Waals surface area contributed by atoms with Crippen LogP contribution in [-0.2, 0) is 14.3 Å². The predicted octanol–water partition coefficient (Wildman–Crippen LogP) is 24.7. The van der Waals surface area contributed by atoms with E-state index in [2.05, 4.69) is 55.6 Å². The number of ether oxygens (including phenoxy) is 1. The molecule has 2 unspecified atom stereocenters. The van der Waals surface area contributed by atoms with Crippen LogP contribution in [0, 0.1) is 0 Å². The number of hydrogen-bond donors (Lipinski definition) is 3. The van der Waals surface area contributed by atoms with Gasteiger partial charge >= 0.3 is 5.97 Å². The highest BCUT2D eigenvalue weighted by Gasteiger charge is 2.20. The summed E-state index contributed by atoms with van der Waals surface area (Å²) in [5, 5.41) is 23.4. The van der Waals surface area contributed by atoms with Crippen molar-refractivity contribution in [3.63, 3.8) is 0 Å². The van der Waals surface area contributed by atoms with Crippen LogP contribution < -0.4 is 5.32 Å². The van der Waals surface area contributed by atoms with E-state index in [0.29, 0.717) is 25.9 Å². The molecule has 6 heteroatoms. The van der Waals surface area contributed by atoms with Crippen molar-refractivity contribution in [1.29, 1.82) is 0 Å². The van der Waals surface area contributed by atoms with Gasteiger partial charge in [-0.3, -0.25) is 9.59 Å². The zero-order chi connectivity index (χ0) is 59.9. The molecule has 6 nitrogen and oxygen atoms in total. The minimum atomic E-state index is -0.665. The standard InChI is InChI=1S/C77H147NO5/c1-3-5-7-9-11-13-15-17-19-21-22-32-35-38-41-45-49-53-57-61-65-69-75(80)74(73-79)78-76(81)70-66-62-58-54-50-46-42-39-36-33-30-28-26-24-23-25-27-29-31-34-37-40-44-48-52-56-60-64-68-72-83-77(82)71-67-63-59-55-51-47-43-20-18-16-14-12-10-8-6-4-2/h14,16,20,23,25,43,74-75,79-80H,3-13,15,17-19,21-22,24,26-42,44-73H2,1-2H3,(H,78,81)/b16-14-,25-23-,43-20-. The van der Waals surface area contributed by atoms with E-state index in [9.17, 15) is 19.8 Å². The number of carbonyl (C=O) groups excluding carboxylic acids is 2. The zero-order valence-corrected chi connectivity index (χ0v) is 56.2. The minimum Gasteiger partial charge on any atom is -0.466 e. The van der Waals surface area contributed by atoms with Gasteiger partial charge in [-0.2, -0.15) is 0 Å². The Labute approximate surface area is 519 Å². The molecule has 0 radical (unpaired) electrons. The maximum atomic E-state index is 12.6. The lowest BCUT2D eigenvalue weighted by atomic mass is 10.0. The van der Waals surface area contributed by atoms with Crippen molar-refractivity contribution in [3.8, 4) is 0 Å². The largest absolute Gasteiger partial charge is 0.466 e. The summed E-state index contributed by atoms with van der Waals surface area (Å²) >= 11 is 0. The fourth-order valence-corrected chi connectivity index (χ4v) is 11.9. The molecular weight excluding hydrogens is 1020 g/mol. The molecule has 0 aromatic rings. The van der Waals surface area contributed by atoms with Crippen LogP contribution in [0.15, 0.2) is 36.5 Å². The van der Waals surface area contributed by atoms with E-state index in [-0.39, 0.29) is 18.5 Å². The third-order valence-corrected chi connectivity index (χ3v) is 17.7. The highest BCUT2D eigenvalue weighted by Crippen LogP contribution is 2.19. The number of aliphatic hydroxyl groups excluding tert-OH is 2. The number of hydrogen-bond acceptors (Lipinski definition) is 5. The van der Waals surface area contributed by atoms with Crippen LogP contribution in [0.2, 0.25) is 0 Å². The molecule has 0 saturated carbocycles. The first-order valence-electron chi connectivity index (χ1n) is 37.7. The summed E-state index contributed by atoms with van der Waals surface area (Å²) in [5.41, 5.74) is 0. The molecule has 490 valence electrons. The van der Waals surface area contributed by atoms with E-state index in [1.54, 1.807) is 0 Å². The molecule has 0 bridgehead atoms. The summed E-state index contributed by atoms with van der Waals surface area (Å²) in [6, 6.07) is -0.542. The van der Waals surface area contributed by atoms with E-state index in [1.165, 1.54) is 334 Å². The molecule has 0 heterocycles. The Kier molecular flexibility index (Phi) is 70.9. The molecule has 2 atom stereocenters. The molecule has 0 aliphatic carbocycles. The fraction of sp³-hybridized carbons (Fsp3) is 0.896. The second kappa shape index (κ2) is 72.6. The lowest BCUT2D eigenvalue weighted by Crippen LogP contribution is -2.45. The lowest BCUT2D eigenvalue weighted by molar-refractivity contribution is -0.143. The van der Waals surface area contributed by atoms with E-state index < -0.39 is 12.1 Å². The predicted molar refractivity (Wildman–Crippen MR) is 366 cm³/mol. The first-order valence-corrected chi connectivity index (χ1v) is 37.7. The normalized spacial score (nSPS) is 12.7. The average molecular weight is 1170 g/mol. The molecule has 0 aliphatic heterocycles. The first-order chi connectivity index (χ1) is 41.0. The topological polar surface area (TPSA) is 95.9 Å². The number of nitrogens with one attached hydrogen (secondary N) is 1.